The van der Waals surface area contributed by atoms with Crippen molar-refractivity contribution < 1.29 is 9.59 Å². The van der Waals surface area contributed by atoms with Gasteiger partial charge in [0.1, 0.15) is 0 Å². The molecule has 0 unspecified atom stereocenters. The highest BCUT2D eigenvalue weighted by Crippen LogP contribution is 2.36. The zero-order valence-electron chi connectivity index (χ0n) is 18.4. The number of likely N-dealkylation sites (tertiary alicyclic amines) is 1. The highest BCUT2D eigenvalue weighted by Gasteiger charge is 2.26. The summed E-state index contributed by atoms with van der Waals surface area (Å²) < 4.78 is 1.04. The molecule has 1 fully saturated rings. The summed E-state index contributed by atoms with van der Waals surface area (Å²) in [4.78, 5) is 32.7. The molecule has 1 N–H and O–H groups in total. The first-order valence-corrected chi connectivity index (χ1v) is 13.1. The van der Waals surface area contributed by atoms with Gasteiger partial charge in [-0.2, -0.15) is 0 Å². The first kappa shape index (κ1) is 24.9. The van der Waals surface area contributed by atoms with Gasteiger partial charge >= 0.3 is 0 Å². The van der Waals surface area contributed by atoms with E-state index in [2.05, 4.69) is 40.3 Å². The Morgan fingerprint density at radius 3 is 2.53 bits per heavy atom. The van der Waals surface area contributed by atoms with Crippen molar-refractivity contribution in [3.63, 3.8) is 0 Å². The summed E-state index contributed by atoms with van der Waals surface area (Å²) in [7, 11) is 0. The Hall–Kier alpha value is -2.19. The largest absolute Gasteiger partial charge is 0.339 e. The molecule has 1 aromatic heterocycles. The van der Waals surface area contributed by atoms with Gasteiger partial charge in [-0.3, -0.25) is 9.59 Å². The number of aryl methyl sites for hydroxylation is 1. The lowest BCUT2D eigenvalue weighted by molar-refractivity contribution is -0.127. The van der Waals surface area contributed by atoms with Crippen LogP contribution in [0.3, 0.4) is 0 Å². The van der Waals surface area contributed by atoms with E-state index in [0.717, 1.165) is 33.6 Å². The summed E-state index contributed by atoms with van der Waals surface area (Å²) in [5.74, 6) is -0.294. The fourth-order valence-corrected chi connectivity index (χ4v) is 5.57. The average molecular weight is 579 g/mol. The van der Waals surface area contributed by atoms with Crippen LogP contribution in [0.2, 0.25) is 10.0 Å². The van der Waals surface area contributed by atoms with Crippen molar-refractivity contribution in [1.82, 2.24) is 9.88 Å². The van der Waals surface area contributed by atoms with Crippen molar-refractivity contribution >= 4 is 68.0 Å². The van der Waals surface area contributed by atoms with Gasteiger partial charge in [-0.1, -0.05) is 57.3 Å². The van der Waals surface area contributed by atoms with Crippen LogP contribution in [0.15, 0.2) is 59.1 Å². The minimum Gasteiger partial charge on any atom is -0.339 e. The third-order valence-corrected chi connectivity index (χ3v) is 8.15. The number of piperidine rings is 1. The summed E-state index contributed by atoms with van der Waals surface area (Å²) in [5, 5.41) is 4.37. The van der Waals surface area contributed by atoms with Crippen molar-refractivity contribution in [1.29, 1.82) is 0 Å². The fraction of sp³-hybridized carbons (Fsp3) is 0.240. The Kier molecular flexibility index (Phi) is 8.09. The van der Waals surface area contributed by atoms with E-state index in [-0.39, 0.29) is 10.9 Å². The molecular weight excluding hydrogens is 557 g/mol. The van der Waals surface area contributed by atoms with Crippen LogP contribution in [0, 0.1) is 6.92 Å². The Bertz CT molecular complexity index is 1240. The molecule has 2 heterocycles. The van der Waals surface area contributed by atoms with Gasteiger partial charge in [0.15, 0.2) is 0 Å². The molecule has 1 aliphatic rings. The topological polar surface area (TPSA) is 62.3 Å². The number of carbonyl (C=O) groups excluding carboxylic acids is 2. The van der Waals surface area contributed by atoms with E-state index in [1.807, 2.05) is 12.1 Å². The molecule has 2 amide bonds. The minimum absolute atomic E-state index is 0.184. The molecule has 176 valence electrons. The standard InChI is InChI=1S/C25H22BrCl2N3O2S/c1-15-24(16-5-7-18(26)8-6-16)30-25(34-15)17-11-13-31(14-12-17)22(33)10-9-21(32)29-20-4-2-3-19(27)23(20)28/h2-10,17H,11-14H2,1H3,(H,29,32). The summed E-state index contributed by atoms with van der Waals surface area (Å²) in [6.45, 7) is 3.35. The fourth-order valence-electron chi connectivity index (χ4n) is 3.84. The number of thiazole rings is 1. The van der Waals surface area contributed by atoms with E-state index in [4.69, 9.17) is 28.2 Å². The molecule has 4 rings (SSSR count). The zero-order valence-corrected chi connectivity index (χ0v) is 22.3. The first-order valence-electron chi connectivity index (χ1n) is 10.8. The van der Waals surface area contributed by atoms with Crippen LogP contribution in [0.1, 0.15) is 28.6 Å². The Labute approximate surface area is 220 Å². The summed E-state index contributed by atoms with van der Waals surface area (Å²) in [5.41, 5.74) is 2.54. The maximum absolute atomic E-state index is 12.6. The second-order valence-corrected chi connectivity index (χ2v) is 10.9. The monoisotopic (exact) mass is 577 g/mol. The average Bonchev–Trinajstić information content (AvgIpc) is 3.22. The second kappa shape index (κ2) is 11.0. The number of hydrogen-bond acceptors (Lipinski definition) is 4. The van der Waals surface area contributed by atoms with Crippen molar-refractivity contribution in [3.8, 4) is 11.3 Å². The van der Waals surface area contributed by atoms with Crippen LogP contribution in [0.25, 0.3) is 11.3 Å². The quantitative estimate of drug-likeness (QED) is 0.329. The molecule has 5 nitrogen and oxygen atoms in total. The van der Waals surface area contributed by atoms with Gasteiger partial charge in [0, 0.05) is 46.1 Å². The molecule has 0 bridgehead atoms. The van der Waals surface area contributed by atoms with Gasteiger partial charge in [0.25, 0.3) is 0 Å². The van der Waals surface area contributed by atoms with Crippen molar-refractivity contribution in [3.05, 3.63) is 79.0 Å². The Balaban J connectivity index is 1.32. The molecule has 9 heteroatoms. The van der Waals surface area contributed by atoms with Gasteiger partial charge in [-0.15, -0.1) is 11.3 Å². The van der Waals surface area contributed by atoms with Gasteiger partial charge in [-0.25, -0.2) is 4.98 Å². The Morgan fingerprint density at radius 2 is 1.82 bits per heavy atom. The van der Waals surface area contributed by atoms with Gasteiger partial charge in [0.05, 0.1) is 26.4 Å². The van der Waals surface area contributed by atoms with E-state index < -0.39 is 5.91 Å². The number of halogens is 3. The minimum atomic E-state index is -0.439. The van der Waals surface area contributed by atoms with Crippen molar-refractivity contribution in [2.45, 2.75) is 25.7 Å². The smallest absolute Gasteiger partial charge is 0.248 e. The van der Waals surface area contributed by atoms with Crippen molar-refractivity contribution in [2.24, 2.45) is 0 Å². The molecule has 0 aliphatic carbocycles. The SMILES string of the molecule is Cc1sc(C2CCN(C(=O)C=CC(=O)Nc3cccc(Cl)c3Cl)CC2)nc1-c1ccc(Br)cc1. The van der Waals surface area contributed by atoms with Gasteiger partial charge in [-0.05, 0) is 44.0 Å². The molecular formula is C25H22BrCl2N3O2S. The molecule has 0 atom stereocenters. The number of nitrogens with one attached hydrogen (secondary N) is 1. The maximum Gasteiger partial charge on any atom is 0.248 e. The number of anilines is 1. The number of rotatable bonds is 5. The molecule has 1 aliphatic heterocycles. The van der Waals surface area contributed by atoms with E-state index in [1.165, 1.54) is 17.0 Å². The van der Waals surface area contributed by atoms with Crippen LogP contribution >= 0.6 is 50.5 Å². The number of hydrogen-bond donors (Lipinski definition) is 1. The highest BCUT2D eigenvalue weighted by molar-refractivity contribution is 9.10. The molecule has 0 spiro atoms. The van der Waals surface area contributed by atoms with E-state index in [9.17, 15) is 9.59 Å². The molecule has 2 aromatic carbocycles. The summed E-state index contributed by atoms with van der Waals surface area (Å²) in [6, 6.07) is 13.2. The lowest BCUT2D eigenvalue weighted by atomic mass is 9.97. The number of aromatic nitrogens is 1. The van der Waals surface area contributed by atoms with Crippen LogP contribution in [0.4, 0.5) is 5.69 Å². The Morgan fingerprint density at radius 1 is 1.12 bits per heavy atom. The van der Waals surface area contributed by atoms with E-state index in [0.29, 0.717) is 29.7 Å². The number of nitrogens with zero attached hydrogens (tertiary/aromatic N) is 2. The van der Waals surface area contributed by atoms with Crippen LogP contribution in [-0.2, 0) is 9.59 Å². The van der Waals surface area contributed by atoms with E-state index >= 15 is 0 Å². The predicted octanol–water partition coefficient (Wildman–Crippen LogP) is 7.09. The number of amides is 2. The number of carbonyl (C=O) groups is 2. The molecule has 1 saturated heterocycles. The van der Waals surface area contributed by atoms with E-state index in [1.54, 1.807) is 34.4 Å². The molecule has 34 heavy (non-hydrogen) atoms. The normalized spacial score (nSPS) is 14.5. The second-order valence-electron chi connectivity index (χ2n) is 7.99. The third-order valence-electron chi connectivity index (χ3n) is 5.67. The zero-order chi connectivity index (χ0) is 24.2. The highest BCUT2D eigenvalue weighted by atomic mass is 79.9. The van der Waals surface area contributed by atoms with Crippen LogP contribution in [0.5, 0.6) is 0 Å². The lowest BCUT2D eigenvalue weighted by Gasteiger charge is -2.30. The first-order chi connectivity index (χ1) is 16.3. The summed E-state index contributed by atoms with van der Waals surface area (Å²) >= 11 is 17.3. The van der Waals surface area contributed by atoms with Gasteiger partial charge < -0.3 is 10.2 Å². The van der Waals surface area contributed by atoms with Crippen LogP contribution in [-0.4, -0.2) is 34.8 Å². The van der Waals surface area contributed by atoms with Crippen molar-refractivity contribution in [2.75, 3.05) is 18.4 Å². The molecule has 3 aromatic rings. The number of benzene rings is 2. The van der Waals surface area contributed by atoms with Gasteiger partial charge in [0.2, 0.25) is 11.8 Å². The predicted molar refractivity (Wildman–Crippen MR) is 143 cm³/mol. The lowest BCUT2D eigenvalue weighted by Crippen LogP contribution is -2.37. The molecule has 0 radical (unpaired) electrons. The molecule has 0 saturated carbocycles. The maximum atomic E-state index is 12.6. The van der Waals surface area contributed by atoms with Crippen LogP contribution < -0.4 is 5.32 Å². The third kappa shape index (κ3) is 5.89. The summed E-state index contributed by atoms with van der Waals surface area (Å²) in [6.07, 6.45) is 4.21.